The third kappa shape index (κ3) is 6.06. The maximum Gasteiger partial charge on any atom is 0.236 e. The van der Waals surface area contributed by atoms with Gasteiger partial charge in [-0.15, -0.1) is 12.4 Å². The molecule has 0 aliphatic carbocycles. The van der Waals surface area contributed by atoms with E-state index in [2.05, 4.69) is 5.32 Å². The number of halogens is 2. The minimum Gasteiger partial charge on any atom is -0.383 e. The normalized spacial score (nSPS) is 15.0. The third-order valence-electron chi connectivity index (χ3n) is 4.11. The molecule has 2 rings (SSSR count). The highest BCUT2D eigenvalue weighted by Crippen LogP contribution is 2.22. The number of nitrogens with one attached hydrogen (secondary N) is 1. The van der Waals surface area contributed by atoms with Gasteiger partial charge in [0.15, 0.2) is 5.78 Å². The summed E-state index contributed by atoms with van der Waals surface area (Å²) in [6, 6.07) is 7.00. The van der Waals surface area contributed by atoms with Crippen LogP contribution in [0, 0.1) is 5.92 Å². The van der Waals surface area contributed by atoms with Crippen LogP contribution in [0.1, 0.15) is 23.2 Å². The predicted molar refractivity (Wildman–Crippen MR) is 97.1 cm³/mol. The van der Waals surface area contributed by atoms with Gasteiger partial charge >= 0.3 is 0 Å². The number of amides is 1. The number of carbonyl (C=O) groups excluding carboxylic acids is 2. The largest absolute Gasteiger partial charge is 0.383 e. The maximum absolute atomic E-state index is 12.5. The van der Waals surface area contributed by atoms with E-state index in [1.165, 1.54) is 0 Å². The van der Waals surface area contributed by atoms with Crippen molar-refractivity contribution in [3.8, 4) is 0 Å². The fourth-order valence-electron chi connectivity index (χ4n) is 2.72. The molecule has 0 aromatic heterocycles. The summed E-state index contributed by atoms with van der Waals surface area (Å²) in [6.45, 7) is 2.83. The van der Waals surface area contributed by atoms with Crippen LogP contribution in [0.4, 0.5) is 0 Å². The monoisotopic (exact) mass is 374 g/mol. The highest BCUT2D eigenvalue weighted by atomic mass is 35.5. The quantitative estimate of drug-likeness (QED) is 0.588. The van der Waals surface area contributed by atoms with Crippen LogP contribution in [0.25, 0.3) is 0 Å². The van der Waals surface area contributed by atoms with Crippen LogP contribution in [-0.2, 0) is 9.53 Å². The fourth-order valence-corrected chi connectivity index (χ4v) is 2.85. The Hall–Kier alpha value is -1.14. The topological polar surface area (TPSA) is 58.6 Å². The van der Waals surface area contributed by atoms with E-state index in [0.717, 1.165) is 0 Å². The zero-order valence-corrected chi connectivity index (χ0v) is 15.4. The maximum atomic E-state index is 12.5. The van der Waals surface area contributed by atoms with Crippen molar-refractivity contribution in [1.82, 2.24) is 10.2 Å². The van der Waals surface area contributed by atoms with Crippen LogP contribution in [0.2, 0.25) is 5.02 Å². The molecule has 7 heteroatoms. The van der Waals surface area contributed by atoms with Crippen molar-refractivity contribution in [2.24, 2.45) is 5.92 Å². The predicted octanol–water partition coefficient (Wildman–Crippen LogP) is 2.42. The number of nitrogens with zero attached hydrogens (tertiary/aromatic N) is 1. The average Bonchev–Trinajstić information content (AvgIpc) is 2.59. The molecule has 1 fully saturated rings. The molecule has 1 saturated heterocycles. The number of benzene rings is 1. The van der Waals surface area contributed by atoms with Crippen LogP contribution in [0.3, 0.4) is 0 Å². The lowest BCUT2D eigenvalue weighted by molar-refractivity contribution is -0.131. The van der Waals surface area contributed by atoms with E-state index in [0.29, 0.717) is 56.2 Å². The zero-order valence-electron chi connectivity index (χ0n) is 13.8. The van der Waals surface area contributed by atoms with E-state index in [4.69, 9.17) is 16.3 Å². The molecule has 1 N–H and O–H groups in total. The van der Waals surface area contributed by atoms with Gasteiger partial charge in [0.2, 0.25) is 5.91 Å². The summed E-state index contributed by atoms with van der Waals surface area (Å²) in [5.74, 6) is 0.215. The Kier molecular flexibility index (Phi) is 9.29. The smallest absolute Gasteiger partial charge is 0.236 e. The first kappa shape index (κ1) is 20.9. The molecule has 24 heavy (non-hydrogen) atoms. The van der Waals surface area contributed by atoms with Crippen LogP contribution in [0.5, 0.6) is 0 Å². The minimum absolute atomic E-state index is 0. The van der Waals surface area contributed by atoms with E-state index in [-0.39, 0.29) is 30.0 Å². The van der Waals surface area contributed by atoms with E-state index < -0.39 is 0 Å². The molecular weight excluding hydrogens is 351 g/mol. The summed E-state index contributed by atoms with van der Waals surface area (Å²) in [5, 5.41) is 3.68. The Balaban J connectivity index is 0.00000288. The SMILES string of the molecule is COCCNCC(=O)N1CCC(C(=O)c2ccc(Cl)cc2)CC1.Cl. The van der Waals surface area contributed by atoms with Crippen molar-refractivity contribution < 1.29 is 14.3 Å². The van der Waals surface area contributed by atoms with E-state index in [1.54, 1.807) is 31.4 Å². The number of Topliss-reactive ketones (excluding diaryl/α,β-unsaturated/α-hetero) is 1. The first-order chi connectivity index (χ1) is 11.1. The summed E-state index contributed by atoms with van der Waals surface area (Å²) in [6.07, 6.45) is 1.43. The van der Waals surface area contributed by atoms with Gasteiger partial charge in [0.05, 0.1) is 13.2 Å². The molecule has 1 aromatic rings. The number of likely N-dealkylation sites (tertiary alicyclic amines) is 1. The summed E-state index contributed by atoms with van der Waals surface area (Å²) >= 11 is 5.85. The number of ketones is 1. The van der Waals surface area contributed by atoms with Crippen molar-refractivity contribution in [1.29, 1.82) is 0 Å². The van der Waals surface area contributed by atoms with Crippen molar-refractivity contribution in [3.63, 3.8) is 0 Å². The van der Waals surface area contributed by atoms with Gasteiger partial charge in [0.1, 0.15) is 0 Å². The number of piperidine rings is 1. The lowest BCUT2D eigenvalue weighted by Gasteiger charge is -2.31. The molecular formula is C17H24Cl2N2O3. The molecule has 0 saturated carbocycles. The molecule has 1 amide bonds. The number of hydrogen-bond acceptors (Lipinski definition) is 4. The third-order valence-corrected chi connectivity index (χ3v) is 4.36. The number of rotatable bonds is 7. The molecule has 0 radical (unpaired) electrons. The van der Waals surface area contributed by atoms with Crippen molar-refractivity contribution in [2.75, 3.05) is 39.9 Å². The summed E-state index contributed by atoms with van der Waals surface area (Å²) in [4.78, 5) is 26.4. The van der Waals surface area contributed by atoms with Gasteiger partial charge in [-0.25, -0.2) is 0 Å². The molecule has 0 atom stereocenters. The molecule has 1 aliphatic rings. The van der Waals surface area contributed by atoms with Crippen LogP contribution in [-0.4, -0.2) is 56.5 Å². The van der Waals surface area contributed by atoms with Crippen molar-refractivity contribution >= 4 is 35.7 Å². The van der Waals surface area contributed by atoms with E-state index in [1.807, 2.05) is 4.90 Å². The van der Waals surface area contributed by atoms with Crippen LogP contribution in [0.15, 0.2) is 24.3 Å². The highest BCUT2D eigenvalue weighted by Gasteiger charge is 2.27. The van der Waals surface area contributed by atoms with Gasteiger partial charge in [0, 0.05) is 43.2 Å². The van der Waals surface area contributed by atoms with E-state index >= 15 is 0 Å². The Morgan fingerprint density at radius 2 is 1.88 bits per heavy atom. The number of carbonyl (C=O) groups is 2. The highest BCUT2D eigenvalue weighted by molar-refractivity contribution is 6.30. The second-order valence-corrected chi connectivity index (χ2v) is 6.13. The first-order valence-corrected chi connectivity index (χ1v) is 8.27. The molecule has 1 aromatic carbocycles. The minimum atomic E-state index is -0.0123. The Bertz CT molecular complexity index is 529. The number of ether oxygens (including phenoxy) is 1. The van der Waals surface area contributed by atoms with Gasteiger partial charge in [0.25, 0.3) is 0 Å². The lowest BCUT2D eigenvalue weighted by Crippen LogP contribution is -2.44. The molecule has 1 heterocycles. The summed E-state index contributed by atoms with van der Waals surface area (Å²) in [7, 11) is 1.63. The molecule has 0 unspecified atom stereocenters. The molecule has 0 spiro atoms. The standard InChI is InChI=1S/C17H23ClN2O3.ClH/c1-23-11-8-19-12-16(21)20-9-6-14(7-10-20)17(22)13-2-4-15(18)5-3-13;/h2-5,14,19H,6-12H2,1H3;1H. The Morgan fingerprint density at radius 3 is 2.46 bits per heavy atom. The van der Waals surface area contributed by atoms with Crippen LogP contribution < -0.4 is 5.32 Å². The number of methoxy groups -OCH3 is 1. The lowest BCUT2D eigenvalue weighted by atomic mass is 9.89. The fraction of sp³-hybridized carbons (Fsp3) is 0.529. The van der Waals surface area contributed by atoms with Gasteiger partial charge in [-0.3, -0.25) is 9.59 Å². The van der Waals surface area contributed by atoms with E-state index in [9.17, 15) is 9.59 Å². The number of hydrogen-bond donors (Lipinski definition) is 1. The van der Waals surface area contributed by atoms with Crippen LogP contribution >= 0.6 is 24.0 Å². The van der Waals surface area contributed by atoms with Gasteiger partial charge in [-0.2, -0.15) is 0 Å². The van der Waals surface area contributed by atoms with Gasteiger partial charge < -0.3 is 15.0 Å². The Morgan fingerprint density at radius 1 is 1.25 bits per heavy atom. The Labute approximate surface area is 154 Å². The molecule has 0 bridgehead atoms. The summed E-state index contributed by atoms with van der Waals surface area (Å²) in [5.41, 5.74) is 0.695. The molecule has 1 aliphatic heterocycles. The second-order valence-electron chi connectivity index (χ2n) is 5.70. The van der Waals surface area contributed by atoms with Crippen molar-refractivity contribution in [2.45, 2.75) is 12.8 Å². The van der Waals surface area contributed by atoms with Crippen molar-refractivity contribution in [3.05, 3.63) is 34.9 Å². The van der Waals surface area contributed by atoms with Gasteiger partial charge in [-0.1, -0.05) is 11.6 Å². The summed E-state index contributed by atoms with van der Waals surface area (Å²) < 4.78 is 4.93. The molecule has 5 nitrogen and oxygen atoms in total. The second kappa shape index (κ2) is 10.7. The first-order valence-electron chi connectivity index (χ1n) is 7.89. The zero-order chi connectivity index (χ0) is 16.7. The molecule has 134 valence electrons. The van der Waals surface area contributed by atoms with Gasteiger partial charge in [-0.05, 0) is 37.1 Å². The average molecular weight is 375 g/mol.